The van der Waals surface area contributed by atoms with E-state index in [-0.39, 0.29) is 0 Å². The average molecular weight is 349 g/mol. The lowest BCUT2D eigenvalue weighted by Crippen LogP contribution is -2.36. The van der Waals surface area contributed by atoms with E-state index in [9.17, 15) is 0 Å². The SMILES string of the molecule is COc1cc(N2C=C(c3ccccc3C)OC2N)ccc1-c1cnco1. The van der Waals surface area contributed by atoms with Gasteiger partial charge in [-0.2, -0.15) is 0 Å². The zero-order valence-corrected chi connectivity index (χ0v) is 14.5. The van der Waals surface area contributed by atoms with Crippen molar-refractivity contribution in [3.8, 4) is 17.1 Å². The van der Waals surface area contributed by atoms with E-state index in [1.165, 1.54) is 6.39 Å². The Balaban J connectivity index is 1.70. The van der Waals surface area contributed by atoms with Gasteiger partial charge in [0.05, 0.1) is 25.1 Å². The van der Waals surface area contributed by atoms with Crippen molar-refractivity contribution in [1.29, 1.82) is 0 Å². The number of ether oxygens (including phenoxy) is 2. The Bertz CT molecular complexity index is 951. The molecule has 132 valence electrons. The molecule has 0 spiro atoms. The lowest BCUT2D eigenvalue weighted by atomic mass is 10.1. The van der Waals surface area contributed by atoms with E-state index >= 15 is 0 Å². The van der Waals surface area contributed by atoms with E-state index in [1.54, 1.807) is 13.3 Å². The molecule has 6 nitrogen and oxygen atoms in total. The molecule has 0 radical (unpaired) electrons. The minimum Gasteiger partial charge on any atom is -0.496 e. The quantitative estimate of drug-likeness (QED) is 0.773. The van der Waals surface area contributed by atoms with Crippen molar-refractivity contribution in [3.63, 3.8) is 0 Å². The maximum atomic E-state index is 6.20. The van der Waals surface area contributed by atoms with E-state index in [0.717, 1.165) is 28.1 Å². The van der Waals surface area contributed by atoms with Crippen molar-refractivity contribution >= 4 is 11.4 Å². The van der Waals surface area contributed by atoms with Crippen LogP contribution in [-0.4, -0.2) is 18.4 Å². The molecule has 4 rings (SSSR count). The molecule has 1 aliphatic heterocycles. The number of hydrogen-bond acceptors (Lipinski definition) is 6. The molecule has 2 aromatic carbocycles. The summed E-state index contributed by atoms with van der Waals surface area (Å²) < 4.78 is 16.8. The molecular formula is C20H19N3O3. The van der Waals surface area contributed by atoms with Gasteiger partial charge >= 0.3 is 0 Å². The van der Waals surface area contributed by atoms with Crippen LogP contribution in [0.5, 0.6) is 5.75 Å². The van der Waals surface area contributed by atoms with Crippen LogP contribution in [0.15, 0.2) is 65.7 Å². The smallest absolute Gasteiger partial charge is 0.231 e. The molecule has 0 amide bonds. The molecule has 26 heavy (non-hydrogen) atoms. The summed E-state index contributed by atoms with van der Waals surface area (Å²) in [6, 6.07) is 13.8. The van der Waals surface area contributed by atoms with Crippen molar-refractivity contribution in [3.05, 3.63) is 72.4 Å². The van der Waals surface area contributed by atoms with Crippen LogP contribution < -0.4 is 15.4 Å². The molecule has 6 heteroatoms. The molecule has 1 atom stereocenters. The average Bonchev–Trinajstić information content (AvgIpc) is 3.31. The second-order valence-corrected chi connectivity index (χ2v) is 5.97. The second-order valence-electron chi connectivity index (χ2n) is 5.97. The highest BCUT2D eigenvalue weighted by Crippen LogP contribution is 2.36. The standard InChI is InChI=1S/C20H19N3O3/c1-13-5-3-4-6-15(13)19-11-23(20(21)26-19)14-7-8-16(17(9-14)24-2)18-10-22-12-25-18/h3-12,20H,21H2,1-2H3. The molecular weight excluding hydrogens is 330 g/mol. The van der Waals surface area contributed by atoms with Crippen LogP contribution in [0.4, 0.5) is 5.69 Å². The molecule has 0 bridgehead atoms. The third kappa shape index (κ3) is 2.80. The summed E-state index contributed by atoms with van der Waals surface area (Å²) in [4.78, 5) is 5.83. The van der Waals surface area contributed by atoms with Gasteiger partial charge in [0.15, 0.2) is 12.2 Å². The number of hydrogen-bond donors (Lipinski definition) is 1. The fraction of sp³-hybridized carbons (Fsp3) is 0.150. The van der Waals surface area contributed by atoms with Crippen molar-refractivity contribution in [2.24, 2.45) is 5.73 Å². The van der Waals surface area contributed by atoms with Gasteiger partial charge < -0.3 is 13.9 Å². The zero-order valence-electron chi connectivity index (χ0n) is 14.5. The number of methoxy groups -OCH3 is 1. The van der Waals surface area contributed by atoms with E-state index < -0.39 is 6.35 Å². The molecule has 1 aliphatic rings. The predicted molar refractivity (Wildman–Crippen MR) is 99.2 cm³/mol. The maximum Gasteiger partial charge on any atom is 0.231 e. The molecule has 3 aromatic rings. The van der Waals surface area contributed by atoms with Gasteiger partial charge in [0.25, 0.3) is 0 Å². The minimum absolute atomic E-state index is 0.606. The first-order valence-electron chi connectivity index (χ1n) is 8.22. The van der Waals surface area contributed by atoms with Crippen molar-refractivity contribution in [1.82, 2.24) is 4.98 Å². The number of oxazole rings is 1. The Morgan fingerprint density at radius 1 is 1.15 bits per heavy atom. The largest absolute Gasteiger partial charge is 0.496 e. The van der Waals surface area contributed by atoms with Gasteiger partial charge in [0, 0.05) is 17.3 Å². The summed E-state index contributed by atoms with van der Waals surface area (Å²) in [7, 11) is 1.62. The number of nitrogens with zero attached hydrogens (tertiary/aromatic N) is 2. The number of benzene rings is 2. The van der Waals surface area contributed by atoms with Crippen molar-refractivity contribution < 1.29 is 13.9 Å². The molecule has 0 saturated heterocycles. The van der Waals surface area contributed by atoms with Crippen LogP contribution in [0.25, 0.3) is 17.1 Å². The Morgan fingerprint density at radius 3 is 2.73 bits per heavy atom. The first-order chi connectivity index (χ1) is 12.7. The summed E-state index contributed by atoms with van der Waals surface area (Å²) in [6.07, 6.45) is 4.35. The Hall–Kier alpha value is -3.25. The molecule has 2 heterocycles. The van der Waals surface area contributed by atoms with Crippen LogP contribution in [0.1, 0.15) is 11.1 Å². The van der Waals surface area contributed by atoms with Crippen molar-refractivity contribution in [2.75, 3.05) is 12.0 Å². The summed E-state index contributed by atoms with van der Waals surface area (Å²) in [5.41, 5.74) is 10.0. The maximum absolute atomic E-state index is 6.20. The van der Waals surface area contributed by atoms with Crippen LogP contribution in [0.2, 0.25) is 0 Å². The van der Waals surface area contributed by atoms with Gasteiger partial charge in [0.2, 0.25) is 6.35 Å². The van der Waals surface area contributed by atoms with Gasteiger partial charge in [-0.05, 0) is 24.6 Å². The lowest BCUT2D eigenvalue weighted by Gasteiger charge is -2.21. The van der Waals surface area contributed by atoms with E-state index in [4.69, 9.17) is 19.6 Å². The minimum atomic E-state index is -0.606. The Morgan fingerprint density at radius 2 is 2.00 bits per heavy atom. The number of aryl methyl sites for hydroxylation is 1. The highest BCUT2D eigenvalue weighted by atomic mass is 16.5. The molecule has 0 saturated carbocycles. The fourth-order valence-electron chi connectivity index (χ4n) is 3.01. The van der Waals surface area contributed by atoms with Gasteiger partial charge in [-0.1, -0.05) is 24.3 Å². The number of anilines is 1. The summed E-state index contributed by atoms with van der Waals surface area (Å²) in [6.45, 7) is 2.04. The molecule has 1 unspecified atom stereocenters. The number of rotatable bonds is 4. The predicted octanol–water partition coefficient (Wildman–Crippen LogP) is 3.74. The normalized spacial score (nSPS) is 16.3. The van der Waals surface area contributed by atoms with E-state index in [1.807, 2.05) is 60.5 Å². The fourth-order valence-corrected chi connectivity index (χ4v) is 3.01. The van der Waals surface area contributed by atoms with Crippen molar-refractivity contribution in [2.45, 2.75) is 13.3 Å². The van der Waals surface area contributed by atoms with Gasteiger partial charge in [-0.25, -0.2) is 4.98 Å². The molecule has 1 aromatic heterocycles. The van der Waals surface area contributed by atoms with Crippen LogP contribution >= 0.6 is 0 Å². The first-order valence-corrected chi connectivity index (χ1v) is 8.22. The molecule has 0 aliphatic carbocycles. The lowest BCUT2D eigenvalue weighted by molar-refractivity contribution is 0.199. The topological polar surface area (TPSA) is 73.8 Å². The first kappa shape index (κ1) is 16.2. The van der Waals surface area contributed by atoms with Gasteiger partial charge in [-0.15, -0.1) is 0 Å². The summed E-state index contributed by atoms with van der Waals surface area (Å²) in [5, 5.41) is 0. The third-order valence-corrected chi connectivity index (χ3v) is 4.37. The summed E-state index contributed by atoms with van der Waals surface area (Å²) in [5.74, 6) is 2.06. The number of nitrogens with two attached hydrogens (primary N) is 1. The zero-order chi connectivity index (χ0) is 18.1. The van der Waals surface area contributed by atoms with Gasteiger partial charge in [-0.3, -0.25) is 10.6 Å². The highest BCUT2D eigenvalue weighted by molar-refractivity contribution is 5.74. The van der Waals surface area contributed by atoms with Gasteiger partial charge in [0.1, 0.15) is 11.5 Å². The number of aromatic nitrogens is 1. The Labute approximate surface area is 151 Å². The van der Waals surface area contributed by atoms with E-state index in [2.05, 4.69) is 4.98 Å². The summed E-state index contributed by atoms with van der Waals surface area (Å²) >= 11 is 0. The monoisotopic (exact) mass is 349 g/mol. The molecule has 0 fully saturated rings. The third-order valence-electron chi connectivity index (χ3n) is 4.37. The molecule has 2 N–H and O–H groups in total. The van der Waals surface area contributed by atoms with E-state index in [0.29, 0.717) is 11.5 Å². The highest BCUT2D eigenvalue weighted by Gasteiger charge is 2.26. The van der Waals surface area contributed by atoms with Crippen LogP contribution in [-0.2, 0) is 4.74 Å². The Kier molecular flexibility index (Phi) is 4.10. The van der Waals surface area contributed by atoms with Crippen LogP contribution in [0.3, 0.4) is 0 Å². The van der Waals surface area contributed by atoms with Crippen LogP contribution in [0, 0.1) is 6.92 Å². The second kappa shape index (κ2) is 6.57.